The number of ether oxygens (including phenoxy) is 3. The van der Waals surface area contributed by atoms with Crippen molar-refractivity contribution >= 4 is 11.7 Å². The molecule has 0 radical (unpaired) electrons. The smallest absolute Gasteiger partial charge is 0.334 e. The van der Waals surface area contributed by atoms with Crippen molar-refractivity contribution in [1.29, 1.82) is 0 Å². The fourth-order valence-electron chi connectivity index (χ4n) is 2.48. The minimum atomic E-state index is -0.824. The zero-order chi connectivity index (χ0) is 14.6. The first-order valence-corrected chi connectivity index (χ1v) is 6.66. The molecule has 1 unspecified atom stereocenters. The number of anilines is 1. The maximum atomic E-state index is 12.3. The van der Waals surface area contributed by atoms with E-state index in [1.54, 1.807) is 14.2 Å². The number of rotatable bonds is 7. The second-order valence-corrected chi connectivity index (χ2v) is 5.03. The van der Waals surface area contributed by atoms with Crippen LogP contribution in [0.1, 0.15) is 12.8 Å². The predicted molar refractivity (Wildman–Crippen MR) is 76.0 cm³/mol. The molecule has 2 rings (SSSR count). The van der Waals surface area contributed by atoms with Crippen molar-refractivity contribution in [1.82, 2.24) is 0 Å². The van der Waals surface area contributed by atoms with Gasteiger partial charge < -0.3 is 19.5 Å². The number of carbonyl (C=O) groups excluding carboxylic acids is 1. The van der Waals surface area contributed by atoms with Gasteiger partial charge in [0.2, 0.25) is 0 Å². The maximum absolute atomic E-state index is 12.3. The summed E-state index contributed by atoms with van der Waals surface area (Å²) >= 11 is 0. The Morgan fingerprint density at radius 1 is 1.35 bits per heavy atom. The summed E-state index contributed by atoms with van der Waals surface area (Å²) in [4.78, 5) is 12.3. The third-order valence-corrected chi connectivity index (χ3v) is 3.63. The summed E-state index contributed by atoms with van der Waals surface area (Å²) in [5.41, 5.74) is -0.00531. The van der Waals surface area contributed by atoms with Gasteiger partial charge in [0.25, 0.3) is 0 Å². The molecule has 0 aliphatic heterocycles. The zero-order valence-corrected chi connectivity index (χ0v) is 12.1. The number of hydrogen-bond donors (Lipinski definition) is 1. The van der Waals surface area contributed by atoms with E-state index in [0.29, 0.717) is 0 Å². The molecule has 0 heterocycles. The molecule has 20 heavy (non-hydrogen) atoms. The highest BCUT2D eigenvalue weighted by atomic mass is 16.5. The first kappa shape index (κ1) is 14.7. The highest BCUT2D eigenvalue weighted by Crippen LogP contribution is 2.42. The minimum absolute atomic E-state index is 0.237. The highest BCUT2D eigenvalue weighted by molar-refractivity contribution is 5.86. The van der Waals surface area contributed by atoms with Gasteiger partial charge in [0, 0.05) is 18.9 Å². The first-order valence-electron chi connectivity index (χ1n) is 6.66. The molecule has 1 aliphatic carbocycles. The average Bonchev–Trinajstić information content (AvgIpc) is 3.31. The topological polar surface area (TPSA) is 56.8 Å². The Hall–Kier alpha value is -1.75. The Labute approximate surface area is 119 Å². The van der Waals surface area contributed by atoms with Crippen molar-refractivity contribution in [3.63, 3.8) is 0 Å². The maximum Gasteiger partial charge on any atom is 0.334 e. The normalized spacial score (nSPS) is 17.1. The second-order valence-electron chi connectivity index (χ2n) is 5.03. The van der Waals surface area contributed by atoms with E-state index in [0.717, 1.165) is 24.3 Å². The van der Waals surface area contributed by atoms with E-state index in [1.165, 1.54) is 7.11 Å². The Morgan fingerprint density at radius 3 is 2.65 bits per heavy atom. The summed E-state index contributed by atoms with van der Waals surface area (Å²) in [5, 5.41) is 3.30. The minimum Gasteiger partial charge on any atom is -0.497 e. The lowest BCUT2D eigenvalue weighted by molar-refractivity contribution is -0.149. The molecule has 1 aromatic rings. The average molecular weight is 279 g/mol. The van der Waals surface area contributed by atoms with Crippen LogP contribution in [-0.4, -0.2) is 39.4 Å². The molecule has 0 spiro atoms. The summed E-state index contributed by atoms with van der Waals surface area (Å²) in [5.74, 6) is 0.688. The van der Waals surface area contributed by atoms with E-state index in [-0.39, 0.29) is 18.5 Å². The van der Waals surface area contributed by atoms with Gasteiger partial charge in [-0.1, -0.05) is 6.07 Å². The van der Waals surface area contributed by atoms with Crippen molar-refractivity contribution in [2.45, 2.75) is 18.4 Å². The predicted octanol–water partition coefficient (Wildman–Crippen LogP) is 2.08. The third-order valence-electron chi connectivity index (χ3n) is 3.63. The number of hydrogen-bond acceptors (Lipinski definition) is 5. The van der Waals surface area contributed by atoms with Gasteiger partial charge >= 0.3 is 5.97 Å². The van der Waals surface area contributed by atoms with Crippen LogP contribution in [-0.2, 0) is 14.3 Å². The molecule has 1 saturated carbocycles. The van der Waals surface area contributed by atoms with Crippen molar-refractivity contribution in [2.24, 2.45) is 5.92 Å². The van der Waals surface area contributed by atoms with Crippen LogP contribution in [0, 0.1) is 5.92 Å². The fourth-order valence-corrected chi connectivity index (χ4v) is 2.48. The Bertz CT molecular complexity index is 473. The molecule has 1 fully saturated rings. The largest absolute Gasteiger partial charge is 0.497 e. The number of benzene rings is 1. The van der Waals surface area contributed by atoms with E-state index in [4.69, 9.17) is 14.2 Å². The molecular formula is C15H21NO4. The van der Waals surface area contributed by atoms with E-state index in [9.17, 15) is 4.79 Å². The van der Waals surface area contributed by atoms with E-state index < -0.39 is 5.54 Å². The molecule has 110 valence electrons. The lowest BCUT2D eigenvalue weighted by atomic mass is 9.93. The summed E-state index contributed by atoms with van der Waals surface area (Å²) < 4.78 is 15.5. The van der Waals surface area contributed by atoms with Crippen LogP contribution in [0.5, 0.6) is 5.75 Å². The van der Waals surface area contributed by atoms with Crippen LogP contribution >= 0.6 is 0 Å². The van der Waals surface area contributed by atoms with Crippen LogP contribution in [0.3, 0.4) is 0 Å². The lowest BCUT2D eigenvalue weighted by Crippen LogP contribution is -2.53. The van der Waals surface area contributed by atoms with Gasteiger partial charge in [0.15, 0.2) is 5.54 Å². The molecule has 1 atom stereocenters. The Balaban J connectivity index is 2.28. The monoisotopic (exact) mass is 279 g/mol. The van der Waals surface area contributed by atoms with E-state index >= 15 is 0 Å². The van der Waals surface area contributed by atoms with Crippen LogP contribution < -0.4 is 10.1 Å². The number of methoxy groups -OCH3 is 3. The van der Waals surface area contributed by atoms with Crippen LogP contribution in [0.2, 0.25) is 0 Å². The van der Waals surface area contributed by atoms with Gasteiger partial charge in [-0.05, 0) is 30.9 Å². The summed E-state index contributed by atoms with van der Waals surface area (Å²) in [6.07, 6.45) is 1.99. The number of carbonyl (C=O) groups is 1. The van der Waals surface area contributed by atoms with Crippen LogP contribution in [0.15, 0.2) is 24.3 Å². The van der Waals surface area contributed by atoms with Crippen molar-refractivity contribution in [3.05, 3.63) is 24.3 Å². The zero-order valence-electron chi connectivity index (χ0n) is 12.1. The van der Waals surface area contributed by atoms with Crippen molar-refractivity contribution in [3.8, 4) is 5.75 Å². The molecule has 0 saturated heterocycles. The molecule has 0 amide bonds. The molecule has 0 aromatic heterocycles. The van der Waals surface area contributed by atoms with Gasteiger partial charge in [-0.25, -0.2) is 4.79 Å². The summed E-state index contributed by atoms with van der Waals surface area (Å²) in [6.45, 7) is 0.279. The van der Waals surface area contributed by atoms with Gasteiger partial charge in [-0.15, -0.1) is 0 Å². The van der Waals surface area contributed by atoms with E-state index in [2.05, 4.69) is 5.32 Å². The fraction of sp³-hybridized carbons (Fsp3) is 0.533. The number of esters is 1. The molecule has 1 aliphatic rings. The number of nitrogens with one attached hydrogen (secondary N) is 1. The molecule has 5 nitrogen and oxygen atoms in total. The quantitative estimate of drug-likeness (QED) is 0.774. The summed E-state index contributed by atoms with van der Waals surface area (Å²) in [7, 11) is 4.61. The molecule has 1 aromatic carbocycles. The third kappa shape index (κ3) is 2.88. The van der Waals surface area contributed by atoms with Crippen LogP contribution in [0.25, 0.3) is 0 Å². The van der Waals surface area contributed by atoms with Gasteiger partial charge in [-0.2, -0.15) is 0 Å². The van der Waals surface area contributed by atoms with Crippen LogP contribution in [0.4, 0.5) is 5.69 Å². The van der Waals surface area contributed by atoms with Gasteiger partial charge in [0.1, 0.15) is 5.75 Å². The standard InChI is InChI=1S/C15H21NO4/c1-18-10-15(11-7-8-11,14(17)20-3)16-12-5-4-6-13(9-12)19-2/h4-6,9,11,16H,7-8,10H2,1-3H3. The molecule has 1 N–H and O–H groups in total. The lowest BCUT2D eigenvalue weighted by Gasteiger charge is -2.32. The molecule has 0 bridgehead atoms. The molecular weight excluding hydrogens is 258 g/mol. The second kappa shape index (κ2) is 6.13. The van der Waals surface area contributed by atoms with Gasteiger partial charge in [-0.3, -0.25) is 0 Å². The first-order chi connectivity index (χ1) is 9.66. The SMILES string of the molecule is COCC(Nc1cccc(OC)c1)(C(=O)OC)C1CC1. The summed E-state index contributed by atoms with van der Waals surface area (Å²) in [6, 6.07) is 7.50. The molecule has 5 heteroatoms. The highest BCUT2D eigenvalue weighted by Gasteiger charge is 2.52. The van der Waals surface area contributed by atoms with Crippen molar-refractivity contribution < 1.29 is 19.0 Å². The van der Waals surface area contributed by atoms with Gasteiger partial charge in [0.05, 0.1) is 20.8 Å². The Kier molecular flexibility index (Phi) is 4.49. The van der Waals surface area contributed by atoms with E-state index in [1.807, 2.05) is 24.3 Å². The van der Waals surface area contributed by atoms with Crippen molar-refractivity contribution in [2.75, 3.05) is 33.3 Å². The Morgan fingerprint density at radius 2 is 2.10 bits per heavy atom.